The Morgan fingerprint density at radius 1 is 1.23 bits per heavy atom. The van der Waals surface area contributed by atoms with E-state index in [0.717, 1.165) is 5.56 Å². The van der Waals surface area contributed by atoms with E-state index in [1.54, 1.807) is 19.2 Å². The molecule has 0 aliphatic carbocycles. The van der Waals surface area contributed by atoms with Crippen molar-refractivity contribution >= 4 is 35.0 Å². The first-order valence-electron chi connectivity index (χ1n) is 9.38. The molecule has 2 aromatic carbocycles. The van der Waals surface area contributed by atoms with Gasteiger partial charge in [0.25, 0.3) is 0 Å². The van der Waals surface area contributed by atoms with E-state index < -0.39 is 0 Å². The van der Waals surface area contributed by atoms with Crippen molar-refractivity contribution in [1.29, 1.82) is 0 Å². The van der Waals surface area contributed by atoms with Crippen molar-refractivity contribution in [2.24, 2.45) is 0 Å². The van der Waals surface area contributed by atoms with Gasteiger partial charge in [-0.3, -0.25) is 4.79 Å². The summed E-state index contributed by atoms with van der Waals surface area (Å²) in [5.74, 6) is 2.03. The third-order valence-corrected chi connectivity index (χ3v) is 5.52. The maximum absolute atomic E-state index is 12.3. The molecule has 1 aromatic heterocycles. The summed E-state index contributed by atoms with van der Waals surface area (Å²) in [4.78, 5) is 12.3. The van der Waals surface area contributed by atoms with E-state index in [0.29, 0.717) is 39.7 Å². The minimum absolute atomic E-state index is 0.136. The molecule has 158 valence electrons. The van der Waals surface area contributed by atoms with Crippen molar-refractivity contribution in [1.82, 2.24) is 14.8 Å². The van der Waals surface area contributed by atoms with Gasteiger partial charge in [0, 0.05) is 18.3 Å². The number of halogens is 1. The first kappa shape index (κ1) is 22.0. The SMILES string of the molecule is CCn1c(COc2cc(C)ccc2Cl)nnc1SCC(=O)Nc1cccc(OC)c1. The van der Waals surface area contributed by atoms with E-state index >= 15 is 0 Å². The first-order valence-corrected chi connectivity index (χ1v) is 10.7. The summed E-state index contributed by atoms with van der Waals surface area (Å²) < 4.78 is 12.9. The molecular weight excluding hydrogens is 424 g/mol. The Balaban J connectivity index is 1.59. The van der Waals surface area contributed by atoms with E-state index in [-0.39, 0.29) is 18.3 Å². The van der Waals surface area contributed by atoms with Crippen LogP contribution in [0.4, 0.5) is 5.69 Å². The summed E-state index contributed by atoms with van der Waals surface area (Å²) in [5.41, 5.74) is 1.74. The highest BCUT2D eigenvalue weighted by Gasteiger charge is 2.14. The van der Waals surface area contributed by atoms with Crippen LogP contribution in [0.25, 0.3) is 0 Å². The summed E-state index contributed by atoms with van der Waals surface area (Å²) >= 11 is 7.51. The largest absolute Gasteiger partial charge is 0.497 e. The number of hydrogen-bond donors (Lipinski definition) is 1. The minimum Gasteiger partial charge on any atom is -0.497 e. The Bertz CT molecular complexity index is 1030. The molecule has 3 aromatic rings. The van der Waals surface area contributed by atoms with E-state index in [1.807, 2.05) is 48.7 Å². The van der Waals surface area contributed by atoms with Crippen molar-refractivity contribution in [3.05, 3.63) is 58.9 Å². The topological polar surface area (TPSA) is 78.3 Å². The number of carbonyl (C=O) groups is 1. The molecule has 0 aliphatic heterocycles. The summed E-state index contributed by atoms with van der Waals surface area (Å²) in [5, 5.41) is 12.5. The Morgan fingerprint density at radius 2 is 2.07 bits per heavy atom. The summed E-state index contributed by atoms with van der Waals surface area (Å²) in [7, 11) is 1.59. The Hall–Kier alpha value is -2.71. The summed E-state index contributed by atoms with van der Waals surface area (Å²) in [6, 6.07) is 12.8. The van der Waals surface area contributed by atoms with Crippen LogP contribution in [0.15, 0.2) is 47.6 Å². The molecule has 1 heterocycles. The predicted octanol–water partition coefficient (Wildman–Crippen LogP) is 4.58. The van der Waals surface area contributed by atoms with Gasteiger partial charge in [0.1, 0.15) is 18.1 Å². The molecule has 30 heavy (non-hydrogen) atoms. The third kappa shape index (κ3) is 5.67. The van der Waals surface area contributed by atoms with Crippen LogP contribution in [-0.2, 0) is 17.9 Å². The monoisotopic (exact) mass is 446 g/mol. The van der Waals surface area contributed by atoms with Crippen molar-refractivity contribution in [2.75, 3.05) is 18.2 Å². The van der Waals surface area contributed by atoms with E-state index in [4.69, 9.17) is 21.1 Å². The van der Waals surface area contributed by atoms with Crippen LogP contribution in [-0.4, -0.2) is 33.5 Å². The molecule has 0 fully saturated rings. The van der Waals surface area contributed by atoms with Crippen molar-refractivity contribution in [3.8, 4) is 11.5 Å². The number of nitrogens with one attached hydrogen (secondary N) is 1. The third-order valence-electron chi connectivity index (χ3n) is 4.24. The molecule has 0 bridgehead atoms. The van der Waals surface area contributed by atoms with Crippen LogP contribution >= 0.6 is 23.4 Å². The number of nitrogens with zero attached hydrogens (tertiary/aromatic N) is 3. The Labute approximate surface area is 184 Å². The molecule has 1 N–H and O–H groups in total. The fourth-order valence-electron chi connectivity index (χ4n) is 2.74. The maximum Gasteiger partial charge on any atom is 0.234 e. The number of carbonyl (C=O) groups excluding carboxylic acids is 1. The van der Waals surface area contributed by atoms with Gasteiger partial charge in [-0.05, 0) is 43.7 Å². The van der Waals surface area contributed by atoms with Crippen LogP contribution in [0.1, 0.15) is 18.3 Å². The zero-order valence-electron chi connectivity index (χ0n) is 17.0. The number of aromatic nitrogens is 3. The molecule has 0 aliphatic rings. The minimum atomic E-state index is -0.136. The molecule has 3 rings (SSSR count). The second-order valence-electron chi connectivity index (χ2n) is 6.43. The lowest BCUT2D eigenvalue weighted by molar-refractivity contribution is -0.113. The number of ether oxygens (including phenoxy) is 2. The van der Waals surface area contributed by atoms with Crippen molar-refractivity contribution in [3.63, 3.8) is 0 Å². The highest BCUT2D eigenvalue weighted by atomic mass is 35.5. The first-order chi connectivity index (χ1) is 14.5. The molecular formula is C21H23ClN4O3S. The molecule has 0 unspecified atom stereocenters. The Morgan fingerprint density at radius 3 is 2.83 bits per heavy atom. The fraction of sp³-hybridized carbons (Fsp3) is 0.286. The lowest BCUT2D eigenvalue weighted by atomic mass is 10.2. The predicted molar refractivity (Wildman–Crippen MR) is 119 cm³/mol. The quantitative estimate of drug-likeness (QED) is 0.485. The van der Waals surface area contributed by atoms with Crippen LogP contribution in [0.3, 0.4) is 0 Å². The highest BCUT2D eigenvalue weighted by Crippen LogP contribution is 2.26. The number of anilines is 1. The van der Waals surface area contributed by atoms with Gasteiger partial charge in [-0.1, -0.05) is 35.5 Å². The van der Waals surface area contributed by atoms with Crippen LogP contribution in [0.2, 0.25) is 5.02 Å². The van der Waals surface area contributed by atoms with Gasteiger partial charge in [-0.15, -0.1) is 10.2 Å². The number of hydrogen-bond acceptors (Lipinski definition) is 6. The normalized spacial score (nSPS) is 10.7. The second kappa shape index (κ2) is 10.4. The summed E-state index contributed by atoms with van der Waals surface area (Å²) in [6.45, 7) is 4.86. The number of benzene rings is 2. The smallest absolute Gasteiger partial charge is 0.234 e. The van der Waals surface area contributed by atoms with Crippen LogP contribution in [0.5, 0.6) is 11.5 Å². The number of thioether (sulfide) groups is 1. The average molecular weight is 447 g/mol. The lowest BCUT2D eigenvalue weighted by Gasteiger charge is -2.10. The van der Waals surface area contributed by atoms with Gasteiger partial charge >= 0.3 is 0 Å². The zero-order valence-corrected chi connectivity index (χ0v) is 18.6. The van der Waals surface area contributed by atoms with Gasteiger partial charge in [-0.25, -0.2) is 0 Å². The van der Waals surface area contributed by atoms with Gasteiger partial charge in [0.05, 0.1) is 17.9 Å². The van der Waals surface area contributed by atoms with Gasteiger partial charge < -0.3 is 19.4 Å². The van der Waals surface area contributed by atoms with Gasteiger partial charge in [0.15, 0.2) is 11.0 Å². The highest BCUT2D eigenvalue weighted by molar-refractivity contribution is 7.99. The fourth-order valence-corrected chi connectivity index (χ4v) is 3.74. The van der Waals surface area contributed by atoms with Crippen LogP contribution in [0, 0.1) is 6.92 Å². The second-order valence-corrected chi connectivity index (χ2v) is 7.78. The lowest BCUT2D eigenvalue weighted by Crippen LogP contribution is -2.15. The van der Waals surface area contributed by atoms with E-state index in [1.165, 1.54) is 11.8 Å². The Kier molecular flexibility index (Phi) is 7.59. The number of methoxy groups -OCH3 is 1. The number of amides is 1. The number of aryl methyl sites for hydroxylation is 1. The van der Waals surface area contributed by atoms with Gasteiger partial charge in [0.2, 0.25) is 5.91 Å². The molecule has 0 saturated heterocycles. The molecule has 1 amide bonds. The summed E-state index contributed by atoms with van der Waals surface area (Å²) in [6.07, 6.45) is 0. The van der Waals surface area contributed by atoms with E-state index in [9.17, 15) is 4.79 Å². The molecule has 0 spiro atoms. The standard InChI is InChI=1S/C21H23ClN4O3S/c1-4-26-19(12-29-18-10-14(2)8-9-17(18)22)24-25-21(26)30-13-20(27)23-15-6-5-7-16(11-15)28-3/h5-11H,4,12-13H2,1-3H3,(H,23,27). The van der Waals surface area contributed by atoms with Gasteiger partial charge in [-0.2, -0.15) is 0 Å². The molecule has 7 nitrogen and oxygen atoms in total. The van der Waals surface area contributed by atoms with Crippen LogP contribution < -0.4 is 14.8 Å². The van der Waals surface area contributed by atoms with Crippen molar-refractivity contribution in [2.45, 2.75) is 32.2 Å². The molecule has 0 saturated carbocycles. The molecule has 0 atom stereocenters. The molecule has 0 radical (unpaired) electrons. The van der Waals surface area contributed by atoms with Crippen molar-refractivity contribution < 1.29 is 14.3 Å². The zero-order chi connectivity index (χ0) is 21.5. The molecule has 9 heteroatoms. The number of rotatable bonds is 9. The maximum atomic E-state index is 12.3. The van der Waals surface area contributed by atoms with E-state index in [2.05, 4.69) is 15.5 Å². The average Bonchev–Trinajstić information content (AvgIpc) is 3.14.